The summed E-state index contributed by atoms with van der Waals surface area (Å²) >= 11 is 7.12. The highest BCUT2D eigenvalue weighted by Crippen LogP contribution is 2.60. The normalized spacial score (nSPS) is 22.8. The minimum Gasteiger partial charge on any atom is -0.468 e. The van der Waals surface area contributed by atoms with Gasteiger partial charge in [0.25, 0.3) is 0 Å². The summed E-state index contributed by atoms with van der Waals surface area (Å²) in [7, 11) is 1.39. The van der Waals surface area contributed by atoms with Gasteiger partial charge in [0, 0.05) is 29.3 Å². The third kappa shape index (κ3) is 3.39. The first kappa shape index (κ1) is 16.0. The summed E-state index contributed by atoms with van der Waals surface area (Å²) in [4.78, 5) is 15.3. The van der Waals surface area contributed by atoms with Crippen molar-refractivity contribution in [3.8, 4) is 0 Å². The largest absolute Gasteiger partial charge is 0.468 e. The molecule has 1 fully saturated rings. The number of aromatic nitrogens is 1. The van der Waals surface area contributed by atoms with Gasteiger partial charge in [0.1, 0.15) is 6.04 Å². The Bertz CT molecular complexity index is 724. The molecule has 0 bridgehead atoms. The Labute approximate surface area is 138 Å². The van der Waals surface area contributed by atoms with Gasteiger partial charge in [-0.05, 0) is 23.4 Å². The summed E-state index contributed by atoms with van der Waals surface area (Å²) in [6.45, 7) is 0.635. The smallest absolute Gasteiger partial charge is 0.323 e. The number of ether oxygens (including phenoxy) is 1. The van der Waals surface area contributed by atoms with E-state index < -0.39 is 11.7 Å². The van der Waals surface area contributed by atoms with E-state index in [0.717, 1.165) is 22.2 Å². The van der Waals surface area contributed by atoms with E-state index in [9.17, 15) is 4.79 Å². The first-order chi connectivity index (χ1) is 10.6. The fourth-order valence-electron chi connectivity index (χ4n) is 2.46. The lowest BCUT2D eigenvalue weighted by molar-refractivity contribution is -0.142. The second-order valence-corrected chi connectivity index (χ2v) is 11.7. The standard InChI is InChI=1S/C14H17N2O3PS2/c1-18-14(17)13(16-20(21)19-6-7-22-20)8-10-9-15-12-5-3-2-4-11(10)12/h2-5,9,13,15H,6-8H2,1H3,(H,16,21)/t13-,20+/m0/s1. The van der Waals surface area contributed by atoms with Crippen LogP contribution >= 0.6 is 17.0 Å². The molecule has 1 aliphatic rings. The maximum Gasteiger partial charge on any atom is 0.323 e. The first-order valence-electron chi connectivity index (χ1n) is 6.91. The molecule has 0 amide bonds. The van der Waals surface area contributed by atoms with Crippen molar-refractivity contribution < 1.29 is 14.1 Å². The number of carbonyl (C=O) groups excluding carboxylic acids is 1. The van der Waals surface area contributed by atoms with Crippen molar-refractivity contribution in [3.63, 3.8) is 0 Å². The van der Waals surface area contributed by atoms with Crippen LogP contribution in [0.3, 0.4) is 0 Å². The van der Waals surface area contributed by atoms with Crippen LogP contribution in [-0.4, -0.2) is 36.5 Å². The SMILES string of the molecule is COC(=O)[C@H](Cc1c[nH]c2ccccc12)N[P@]1(=S)OCCS1. The molecule has 3 rings (SSSR count). The predicted molar refractivity (Wildman–Crippen MR) is 93.6 cm³/mol. The van der Waals surface area contributed by atoms with Gasteiger partial charge in [-0.1, -0.05) is 29.6 Å². The highest BCUT2D eigenvalue weighted by atomic mass is 32.9. The van der Waals surface area contributed by atoms with Crippen LogP contribution in [0.15, 0.2) is 30.5 Å². The van der Waals surface area contributed by atoms with E-state index in [2.05, 4.69) is 10.1 Å². The summed E-state index contributed by atoms with van der Waals surface area (Å²) < 4.78 is 10.6. The number of carbonyl (C=O) groups is 1. The molecule has 2 N–H and O–H groups in total. The van der Waals surface area contributed by atoms with E-state index in [1.165, 1.54) is 7.11 Å². The van der Waals surface area contributed by atoms with Gasteiger partial charge in [0.2, 0.25) is 0 Å². The zero-order chi connectivity index (χ0) is 15.6. The van der Waals surface area contributed by atoms with Crippen LogP contribution in [0.2, 0.25) is 0 Å². The van der Waals surface area contributed by atoms with Crippen molar-refractivity contribution >= 4 is 45.7 Å². The Kier molecular flexibility index (Phi) is 4.90. The van der Waals surface area contributed by atoms with E-state index in [1.54, 1.807) is 11.4 Å². The zero-order valence-corrected chi connectivity index (χ0v) is 14.6. The van der Waals surface area contributed by atoms with Crippen LogP contribution in [0, 0.1) is 0 Å². The van der Waals surface area contributed by atoms with E-state index in [0.29, 0.717) is 13.0 Å². The average molecular weight is 356 g/mol. The molecule has 0 saturated carbocycles. The number of benzene rings is 1. The highest BCUT2D eigenvalue weighted by Gasteiger charge is 2.31. The van der Waals surface area contributed by atoms with Gasteiger partial charge in [-0.3, -0.25) is 4.79 Å². The molecule has 1 aromatic heterocycles. The van der Waals surface area contributed by atoms with Crippen LogP contribution in [0.5, 0.6) is 0 Å². The summed E-state index contributed by atoms with van der Waals surface area (Å²) in [6, 6.07) is 7.51. The number of hydrogen-bond donors (Lipinski definition) is 2. The third-order valence-corrected chi connectivity index (χ3v) is 9.13. The number of H-pyrrole nitrogens is 1. The monoisotopic (exact) mass is 356 g/mol. The number of rotatable bonds is 5. The molecule has 0 unspecified atom stereocenters. The maximum absolute atomic E-state index is 12.1. The molecule has 2 heterocycles. The molecule has 1 saturated heterocycles. The molecule has 2 aromatic rings. The molecule has 2 atom stereocenters. The van der Waals surface area contributed by atoms with Gasteiger partial charge in [-0.2, -0.15) is 0 Å². The average Bonchev–Trinajstić information content (AvgIpc) is 3.13. The predicted octanol–water partition coefficient (Wildman–Crippen LogP) is 2.83. The molecule has 5 nitrogen and oxygen atoms in total. The number of nitrogens with one attached hydrogen (secondary N) is 2. The number of methoxy groups -OCH3 is 1. The molecule has 0 radical (unpaired) electrons. The van der Waals surface area contributed by atoms with Gasteiger partial charge in [-0.15, -0.1) is 0 Å². The fraction of sp³-hybridized carbons (Fsp3) is 0.357. The van der Waals surface area contributed by atoms with E-state index in [4.69, 9.17) is 21.1 Å². The Hall–Kier alpha value is -0.850. The quantitative estimate of drug-likeness (QED) is 0.635. The second kappa shape index (κ2) is 6.72. The Morgan fingerprint density at radius 2 is 2.41 bits per heavy atom. The van der Waals surface area contributed by atoms with Crippen LogP contribution in [0.4, 0.5) is 0 Å². The fourth-order valence-corrected chi connectivity index (χ4v) is 7.39. The molecule has 8 heteroatoms. The third-order valence-electron chi connectivity index (χ3n) is 3.50. The summed E-state index contributed by atoms with van der Waals surface area (Å²) in [6.07, 6.45) is 2.44. The van der Waals surface area contributed by atoms with Crippen molar-refractivity contribution in [2.45, 2.75) is 12.5 Å². The Balaban J connectivity index is 1.83. The lowest BCUT2D eigenvalue weighted by atomic mass is 10.1. The molecule has 118 valence electrons. The summed E-state index contributed by atoms with van der Waals surface area (Å²) in [5.74, 6) is 0.552. The van der Waals surface area contributed by atoms with Gasteiger partial charge >= 0.3 is 5.97 Å². The maximum atomic E-state index is 12.1. The van der Waals surface area contributed by atoms with E-state index >= 15 is 0 Å². The number of fused-ring (bicyclic) bond motifs is 1. The molecular weight excluding hydrogens is 339 g/mol. The van der Waals surface area contributed by atoms with Crippen LogP contribution < -0.4 is 5.09 Å². The Morgan fingerprint density at radius 3 is 3.14 bits per heavy atom. The second-order valence-electron chi connectivity index (χ2n) is 4.93. The summed E-state index contributed by atoms with van der Waals surface area (Å²) in [5, 5.41) is 4.33. The van der Waals surface area contributed by atoms with Gasteiger partial charge < -0.3 is 14.2 Å². The van der Waals surface area contributed by atoms with Gasteiger partial charge in [0.05, 0.1) is 13.7 Å². The number of aromatic amines is 1. The number of para-hydroxylation sites is 1. The molecule has 0 spiro atoms. The van der Waals surface area contributed by atoms with Crippen molar-refractivity contribution in [1.29, 1.82) is 0 Å². The highest BCUT2D eigenvalue weighted by molar-refractivity contribution is 8.69. The number of hydrogen-bond acceptors (Lipinski definition) is 5. The van der Waals surface area contributed by atoms with Gasteiger partial charge in [0.15, 0.2) is 5.62 Å². The minimum absolute atomic E-state index is 0.314. The van der Waals surface area contributed by atoms with Crippen molar-refractivity contribution in [2.24, 2.45) is 0 Å². The first-order valence-corrected chi connectivity index (χ1v) is 11.2. The molecule has 22 heavy (non-hydrogen) atoms. The van der Waals surface area contributed by atoms with Crippen LogP contribution in [0.1, 0.15) is 5.56 Å². The topological polar surface area (TPSA) is 63.4 Å². The molecule has 0 aliphatic carbocycles. The van der Waals surface area contributed by atoms with E-state index in [1.807, 2.05) is 30.5 Å². The lowest BCUT2D eigenvalue weighted by Crippen LogP contribution is -2.36. The lowest BCUT2D eigenvalue weighted by Gasteiger charge is -2.22. The summed E-state index contributed by atoms with van der Waals surface area (Å²) in [5.41, 5.74) is -0.0720. The van der Waals surface area contributed by atoms with Crippen LogP contribution in [-0.2, 0) is 32.3 Å². The molecular formula is C14H17N2O3PS2. The van der Waals surface area contributed by atoms with Crippen LogP contribution in [0.25, 0.3) is 10.9 Å². The van der Waals surface area contributed by atoms with Crippen molar-refractivity contribution in [2.75, 3.05) is 19.5 Å². The van der Waals surface area contributed by atoms with Crippen molar-refractivity contribution in [1.82, 2.24) is 10.1 Å². The Morgan fingerprint density at radius 1 is 1.59 bits per heavy atom. The minimum atomic E-state index is -2.18. The number of esters is 1. The molecule has 1 aromatic carbocycles. The van der Waals surface area contributed by atoms with E-state index in [-0.39, 0.29) is 5.97 Å². The van der Waals surface area contributed by atoms with Gasteiger partial charge in [-0.25, -0.2) is 5.09 Å². The van der Waals surface area contributed by atoms with Crippen molar-refractivity contribution in [3.05, 3.63) is 36.0 Å². The zero-order valence-electron chi connectivity index (χ0n) is 12.1. The molecule has 1 aliphatic heterocycles.